The van der Waals surface area contributed by atoms with Crippen molar-refractivity contribution in [3.63, 3.8) is 0 Å². The quantitative estimate of drug-likeness (QED) is 0.809. The lowest BCUT2D eigenvalue weighted by Crippen LogP contribution is -2.19. The van der Waals surface area contributed by atoms with Crippen LogP contribution in [0.25, 0.3) is 0 Å². The number of nitrogens with zero attached hydrogens (tertiary/aromatic N) is 2. The molecule has 0 aliphatic rings. The van der Waals surface area contributed by atoms with Crippen molar-refractivity contribution in [2.75, 3.05) is 0 Å². The third-order valence-corrected chi connectivity index (χ3v) is 2.16. The molecule has 2 N–H and O–H groups in total. The van der Waals surface area contributed by atoms with E-state index in [1.807, 2.05) is 6.92 Å². The van der Waals surface area contributed by atoms with Gasteiger partial charge >= 0.3 is 0 Å². The van der Waals surface area contributed by atoms with Crippen molar-refractivity contribution in [3.8, 4) is 0 Å². The first kappa shape index (κ1) is 8.86. The number of nitrogens with two attached hydrogens (primary N) is 1. The van der Waals surface area contributed by atoms with Crippen LogP contribution in [0.1, 0.15) is 12.6 Å². The van der Waals surface area contributed by atoms with E-state index in [1.54, 1.807) is 12.5 Å². The number of hydrogen-bond donors (Lipinski definition) is 1. The zero-order chi connectivity index (χ0) is 8.27. The van der Waals surface area contributed by atoms with Crippen LogP contribution in [-0.4, -0.2) is 16.0 Å². The van der Waals surface area contributed by atoms with Crippen LogP contribution in [0.3, 0.4) is 0 Å². The molecule has 1 rings (SSSR count). The van der Waals surface area contributed by atoms with Gasteiger partial charge in [-0.15, -0.1) is 0 Å². The normalized spacial score (nSPS) is 13.0. The topological polar surface area (TPSA) is 51.8 Å². The number of rotatable bonds is 2. The van der Waals surface area contributed by atoms with Crippen LogP contribution in [0, 0.1) is 3.57 Å². The monoisotopic (exact) mass is 263 g/mol. The molecule has 0 amide bonds. The Morgan fingerprint density at radius 2 is 2.45 bits per heavy atom. The van der Waals surface area contributed by atoms with Crippen LogP contribution in [0.4, 0.5) is 0 Å². The number of hydrogen-bond acceptors (Lipinski definition) is 3. The molecule has 0 bridgehead atoms. The Labute approximate surface area is 79.6 Å². The summed E-state index contributed by atoms with van der Waals surface area (Å²) in [6.07, 6.45) is 4.17. The van der Waals surface area contributed by atoms with Gasteiger partial charge in [0.2, 0.25) is 0 Å². The van der Waals surface area contributed by atoms with Crippen LogP contribution < -0.4 is 5.73 Å². The summed E-state index contributed by atoms with van der Waals surface area (Å²) in [4.78, 5) is 8.01. The van der Waals surface area contributed by atoms with Crippen molar-refractivity contribution in [2.24, 2.45) is 5.73 Å². The van der Waals surface area contributed by atoms with E-state index in [1.165, 1.54) is 0 Å². The van der Waals surface area contributed by atoms with Gasteiger partial charge in [-0.3, -0.25) is 0 Å². The molecule has 0 fully saturated rings. The molecule has 1 atom stereocenters. The van der Waals surface area contributed by atoms with Crippen LogP contribution in [0.15, 0.2) is 12.5 Å². The lowest BCUT2D eigenvalue weighted by Gasteiger charge is -2.04. The van der Waals surface area contributed by atoms with E-state index >= 15 is 0 Å². The van der Waals surface area contributed by atoms with E-state index in [-0.39, 0.29) is 6.04 Å². The van der Waals surface area contributed by atoms with Crippen molar-refractivity contribution in [1.82, 2.24) is 9.97 Å². The average Bonchev–Trinajstić information content (AvgIpc) is 1.93. The molecule has 11 heavy (non-hydrogen) atoms. The lowest BCUT2D eigenvalue weighted by molar-refractivity contribution is 0.716. The summed E-state index contributed by atoms with van der Waals surface area (Å²) in [6, 6.07) is 0.165. The minimum absolute atomic E-state index is 0.165. The van der Waals surface area contributed by atoms with Gasteiger partial charge in [0.1, 0.15) is 6.33 Å². The molecule has 1 aromatic rings. The van der Waals surface area contributed by atoms with E-state index in [0.717, 1.165) is 15.7 Å². The molecule has 60 valence electrons. The number of halogens is 1. The molecule has 4 heteroatoms. The fourth-order valence-electron chi connectivity index (χ4n) is 0.793. The summed E-state index contributed by atoms with van der Waals surface area (Å²) < 4.78 is 1.09. The zero-order valence-electron chi connectivity index (χ0n) is 6.29. The van der Waals surface area contributed by atoms with Gasteiger partial charge in [0, 0.05) is 18.7 Å². The van der Waals surface area contributed by atoms with E-state index in [0.29, 0.717) is 0 Å². The summed E-state index contributed by atoms with van der Waals surface area (Å²) in [7, 11) is 0. The first-order valence-electron chi connectivity index (χ1n) is 3.40. The highest BCUT2D eigenvalue weighted by molar-refractivity contribution is 14.1. The molecule has 0 radical (unpaired) electrons. The lowest BCUT2D eigenvalue weighted by atomic mass is 10.2. The Hall–Kier alpha value is -0.230. The maximum absolute atomic E-state index is 5.63. The molecule has 0 aromatic carbocycles. The minimum atomic E-state index is 0.165. The Bertz CT molecular complexity index is 237. The summed E-state index contributed by atoms with van der Waals surface area (Å²) >= 11 is 2.21. The predicted molar refractivity (Wildman–Crippen MR) is 52.1 cm³/mol. The maximum Gasteiger partial charge on any atom is 0.115 e. The Kier molecular flexibility index (Phi) is 3.19. The largest absolute Gasteiger partial charge is 0.328 e. The van der Waals surface area contributed by atoms with Gasteiger partial charge < -0.3 is 5.73 Å². The summed E-state index contributed by atoms with van der Waals surface area (Å²) in [6.45, 7) is 1.97. The third kappa shape index (κ3) is 2.70. The van der Waals surface area contributed by atoms with Gasteiger partial charge in [-0.1, -0.05) is 0 Å². The van der Waals surface area contributed by atoms with Crippen LogP contribution in [0.2, 0.25) is 0 Å². The molecule has 0 aliphatic heterocycles. The SMILES string of the molecule is CC(N)Cc1ncncc1I. The maximum atomic E-state index is 5.63. The molecule has 0 saturated heterocycles. The van der Waals surface area contributed by atoms with Crippen molar-refractivity contribution >= 4 is 22.6 Å². The average molecular weight is 263 g/mol. The van der Waals surface area contributed by atoms with Crippen molar-refractivity contribution in [1.29, 1.82) is 0 Å². The Balaban J connectivity index is 2.78. The van der Waals surface area contributed by atoms with Crippen molar-refractivity contribution < 1.29 is 0 Å². The highest BCUT2D eigenvalue weighted by Crippen LogP contribution is 2.08. The van der Waals surface area contributed by atoms with Gasteiger partial charge in [-0.05, 0) is 29.5 Å². The van der Waals surface area contributed by atoms with Crippen LogP contribution in [-0.2, 0) is 6.42 Å². The van der Waals surface area contributed by atoms with Crippen molar-refractivity contribution in [2.45, 2.75) is 19.4 Å². The molecule has 0 saturated carbocycles. The van der Waals surface area contributed by atoms with Gasteiger partial charge in [-0.25, -0.2) is 9.97 Å². The second-order valence-electron chi connectivity index (χ2n) is 2.50. The molecule has 1 heterocycles. The highest BCUT2D eigenvalue weighted by Gasteiger charge is 2.02. The zero-order valence-corrected chi connectivity index (χ0v) is 8.45. The molecule has 1 unspecified atom stereocenters. The van der Waals surface area contributed by atoms with E-state index in [9.17, 15) is 0 Å². The first-order chi connectivity index (χ1) is 5.20. The first-order valence-corrected chi connectivity index (χ1v) is 4.48. The molecule has 1 aromatic heterocycles. The molecule has 0 aliphatic carbocycles. The Morgan fingerprint density at radius 3 is 3.00 bits per heavy atom. The highest BCUT2D eigenvalue weighted by atomic mass is 127. The summed E-state index contributed by atoms with van der Waals surface area (Å²) in [5.41, 5.74) is 6.67. The number of aromatic nitrogens is 2. The molecule has 3 nitrogen and oxygen atoms in total. The Morgan fingerprint density at radius 1 is 1.73 bits per heavy atom. The second-order valence-corrected chi connectivity index (χ2v) is 3.66. The second kappa shape index (κ2) is 3.96. The molecular weight excluding hydrogens is 253 g/mol. The van der Waals surface area contributed by atoms with E-state index in [2.05, 4.69) is 32.6 Å². The van der Waals surface area contributed by atoms with Crippen LogP contribution >= 0.6 is 22.6 Å². The van der Waals surface area contributed by atoms with Crippen molar-refractivity contribution in [3.05, 3.63) is 21.8 Å². The smallest absolute Gasteiger partial charge is 0.115 e. The molecular formula is C7H10IN3. The van der Waals surface area contributed by atoms with Gasteiger partial charge in [0.05, 0.1) is 9.26 Å². The fraction of sp³-hybridized carbons (Fsp3) is 0.429. The van der Waals surface area contributed by atoms with Crippen LogP contribution in [0.5, 0.6) is 0 Å². The van der Waals surface area contributed by atoms with Gasteiger partial charge in [0.15, 0.2) is 0 Å². The minimum Gasteiger partial charge on any atom is -0.328 e. The van der Waals surface area contributed by atoms with E-state index < -0.39 is 0 Å². The predicted octanol–water partition coefficient (Wildman–Crippen LogP) is 0.971. The fourth-order valence-corrected chi connectivity index (χ4v) is 1.31. The summed E-state index contributed by atoms with van der Waals surface area (Å²) in [5.74, 6) is 0. The third-order valence-electron chi connectivity index (χ3n) is 1.26. The van der Waals surface area contributed by atoms with Gasteiger partial charge in [-0.2, -0.15) is 0 Å². The van der Waals surface area contributed by atoms with Gasteiger partial charge in [0.25, 0.3) is 0 Å². The van der Waals surface area contributed by atoms with E-state index in [4.69, 9.17) is 5.73 Å². The molecule has 0 spiro atoms. The summed E-state index contributed by atoms with van der Waals surface area (Å²) in [5, 5.41) is 0. The standard InChI is InChI=1S/C7H10IN3/c1-5(9)2-7-6(8)3-10-4-11-7/h3-5H,2,9H2,1H3.